The molecule has 0 unspecified atom stereocenters. The molecular formula is C16H15F5O4S. The van der Waals surface area contributed by atoms with Gasteiger partial charge in [-0.25, -0.2) is 4.79 Å². The Balaban J connectivity index is 2.34. The first kappa shape index (κ1) is 19.8. The van der Waals surface area contributed by atoms with Crippen molar-refractivity contribution >= 4 is 16.2 Å². The molecule has 0 saturated carbocycles. The first-order chi connectivity index (χ1) is 11.8. The minimum absolute atomic E-state index is 0.0411. The SMILES string of the molecule is CCOC(=O)c1ccc(Oc2cc(OC)cc(S(F)(F)(F)(F)F)c2)cc1. The topological polar surface area (TPSA) is 44.8 Å². The Hall–Kier alpha value is -2.49. The highest BCUT2D eigenvalue weighted by atomic mass is 32.5. The lowest BCUT2D eigenvalue weighted by Crippen LogP contribution is -2.06. The number of esters is 1. The van der Waals surface area contributed by atoms with Crippen LogP contribution in [-0.4, -0.2) is 19.7 Å². The normalized spacial score (nSPS) is 14.1. The molecule has 0 bridgehead atoms. The molecule has 2 aromatic carbocycles. The van der Waals surface area contributed by atoms with Crippen LogP contribution in [-0.2, 0) is 4.74 Å². The van der Waals surface area contributed by atoms with Gasteiger partial charge in [0.1, 0.15) is 22.1 Å². The molecule has 2 aromatic rings. The first-order valence-corrected chi connectivity index (χ1v) is 9.15. The van der Waals surface area contributed by atoms with Gasteiger partial charge in [0.05, 0.1) is 19.3 Å². The van der Waals surface area contributed by atoms with Gasteiger partial charge < -0.3 is 14.2 Å². The lowest BCUT2D eigenvalue weighted by atomic mass is 10.2. The number of ether oxygens (including phenoxy) is 3. The minimum Gasteiger partial charge on any atom is -0.497 e. The van der Waals surface area contributed by atoms with E-state index in [1.54, 1.807) is 6.92 Å². The van der Waals surface area contributed by atoms with Crippen LogP contribution in [0.5, 0.6) is 17.2 Å². The molecule has 0 fully saturated rings. The monoisotopic (exact) mass is 398 g/mol. The molecule has 0 saturated heterocycles. The lowest BCUT2D eigenvalue weighted by molar-refractivity contribution is 0.0526. The zero-order valence-electron chi connectivity index (χ0n) is 13.7. The maximum Gasteiger partial charge on any atom is 0.338 e. The molecule has 0 amide bonds. The summed E-state index contributed by atoms with van der Waals surface area (Å²) in [6.45, 7) is 1.81. The van der Waals surface area contributed by atoms with Gasteiger partial charge in [0.15, 0.2) is 0 Å². The lowest BCUT2D eigenvalue weighted by Gasteiger charge is -2.40. The third-order valence-corrected chi connectivity index (χ3v) is 4.26. The van der Waals surface area contributed by atoms with Crippen molar-refractivity contribution in [3.8, 4) is 17.2 Å². The van der Waals surface area contributed by atoms with Crippen molar-refractivity contribution in [2.75, 3.05) is 13.7 Å². The van der Waals surface area contributed by atoms with Gasteiger partial charge in [-0.05, 0) is 31.2 Å². The molecule has 0 aromatic heterocycles. The third-order valence-electron chi connectivity index (χ3n) is 3.14. The van der Waals surface area contributed by atoms with Gasteiger partial charge in [-0.3, -0.25) is 0 Å². The third kappa shape index (κ3) is 5.01. The molecule has 144 valence electrons. The summed E-state index contributed by atoms with van der Waals surface area (Å²) in [7, 11) is -8.85. The van der Waals surface area contributed by atoms with E-state index in [0.29, 0.717) is 0 Å². The summed E-state index contributed by atoms with van der Waals surface area (Å²) >= 11 is 0. The van der Waals surface area contributed by atoms with Gasteiger partial charge >= 0.3 is 16.2 Å². The molecule has 0 aliphatic heterocycles. The van der Waals surface area contributed by atoms with Crippen molar-refractivity contribution < 1.29 is 38.4 Å². The molecule has 0 N–H and O–H groups in total. The van der Waals surface area contributed by atoms with Crippen molar-refractivity contribution in [2.45, 2.75) is 11.8 Å². The summed E-state index contributed by atoms with van der Waals surface area (Å²) in [6.07, 6.45) is 0. The molecule has 4 nitrogen and oxygen atoms in total. The molecule has 2 rings (SSSR count). The van der Waals surface area contributed by atoms with E-state index >= 15 is 0 Å². The number of carbonyl (C=O) groups is 1. The van der Waals surface area contributed by atoms with E-state index in [2.05, 4.69) is 4.74 Å². The predicted octanol–water partition coefficient (Wildman–Crippen LogP) is 6.32. The summed E-state index contributed by atoms with van der Waals surface area (Å²) in [5.41, 5.74) is 0.206. The van der Waals surface area contributed by atoms with Gasteiger partial charge in [0, 0.05) is 18.2 Å². The average molecular weight is 398 g/mol. The fourth-order valence-corrected chi connectivity index (χ4v) is 2.63. The number of halogens is 5. The van der Waals surface area contributed by atoms with Crippen LogP contribution in [0.1, 0.15) is 17.3 Å². The quantitative estimate of drug-likeness (QED) is 0.422. The Morgan fingerprint density at radius 1 is 0.923 bits per heavy atom. The Kier molecular flexibility index (Phi) is 4.61. The van der Waals surface area contributed by atoms with E-state index in [1.807, 2.05) is 0 Å². The largest absolute Gasteiger partial charge is 0.497 e. The molecule has 0 aliphatic rings. The molecule has 0 radical (unpaired) electrons. The summed E-state index contributed by atoms with van der Waals surface area (Å²) < 4.78 is 79.8. The smallest absolute Gasteiger partial charge is 0.338 e. The van der Waals surface area contributed by atoms with Crippen LogP contribution in [0.15, 0.2) is 47.4 Å². The molecular weight excluding hydrogens is 383 g/mol. The summed E-state index contributed by atoms with van der Waals surface area (Å²) in [4.78, 5) is 9.42. The molecule has 10 heteroatoms. The van der Waals surface area contributed by atoms with Gasteiger partial charge in [0.2, 0.25) is 0 Å². The molecule has 26 heavy (non-hydrogen) atoms. The summed E-state index contributed by atoms with van der Waals surface area (Å²) in [5.74, 6) is -1.46. The Labute approximate surface area is 146 Å². The van der Waals surface area contributed by atoms with Crippen molar-refractivity contribution in [2.24, 2.45) is 0 Å². The van der Waals surface area contributed by atoms with Crippen LogP contribution >= 0.6 is 10.2 Å². The van der Waals surface area contributed by atoms with Crippen molar-refractivity contribution in [1.82, 2.24) is 0 Å². The van der Waals surface area contributed by atoms with E-state index in [4.69, 9.17) is 9.47 Å². The number of rotatable bonds is 6. The summed E-state index contributed by atoms with van der Waals surface area (Å²) in [5, 5.41) is 0. The van der Waals surface area contributed by atoms with Crippen molar-refractivity contribution in [3.05, 3.63) is 48.0 Å². The van der Waals surface area contributed by atoms with Crippen molar-refractivity contribution in [3.63, 3.8) is 0 Å². The van der Waals surface area contributed by atoms with E-state index in [1.165, 1.54) is 24.3 Å². The maximum absolute atomic E-state index is 13.0. The van der Waals surface area contributed by atoms with Crippen LogP contribution < -0.4 is 9.47 Å². The van der Waals surface area contributed by atoms with Crippen LogP contribution in [0, 0.1) is 0 Å². The van der Waals surface area contributed by atoms with Crippen molar-refractivity contribution in [1.29, 1.82) is 0 Å². The van der Waals surface area contributed by atoms with Gasteiger partial charge in [0.25, 0.3) is 0 Å². The maximum atomic E-state index is 13.0. The Bertz CT molecular complexity index is 819. The average Bonchev–Trinajstić information content (AvgIpc) is 2.53. The fourth-order valence-electron chi connectivity index (χ4n) is 1.95. The number of methoxy groups -OCH3 is 1. The van der Waals surface area contributed by atoms with Crippen LogP contribution in [0.4, 0.5) is 19.4 Å². The highest BCUT2D eigenvalue weighted by Crippen LogP contribution is 3.02. The molecule has 0 heterocycles. The van der Waals surface area contributed by atoms with Crippen LogP contribution in [0.3, 0.4) is 0 Å². The Morgan fingerprint density at radius 3 is 2.00 bits per heavy atom. The van der Waals surface area contributed by atoms with Crippen LogP contribution in [0.25, 0.3) is 0 Å². The zero-order chi connectivity index (χ0) is 19.7. The van der Waals surface area contributed by atoms with E-state index in [9.17, 15) is 24.2 Å². The number of carbonyl (C=O) groups excluding carboxylic acids is 1. The predicted molar refractivity (Wildman–Crippen MR) is 86.9 cm³/mol. The van der Waals surface area contributed by atoms with E-state index < -0.39 is 32.6 Å². The standard InChI is InChI=1S/C16H15F5O4S/c1-3-24-16(22)11-4-6-12(7-5-11)25-14-8-13(23-2)9-15(10-14)26(17,18,19,20)21/h4-10H,3H2,1-2H3. The number of benzene rings is 2. The van der Waals surface area contributed by atoms with E-state index in [0.717, 1.165) is 13.2 Å². The van der Waals surface area contributed by atoms with Gasteiger partial charge in [-0.1, -0.05) is 19.4 Å². The molecule has 0 aliphatic carbocycles. The second-order valence-corrected chi connectivity index (χ2v) is 7.57. The van der Waals surface area contributed by atoms with Gasteiger partial charge in [-0.15, -0.1) is 0 Å². The second kappa shape index (κ2) is 6.04. The van der Waals surface area contributed by atoms with Gasteiger partial charge in [-0.2, -0.15) is 0 Å². The zero-order valence-corrected chi connectivity index (χ0v) is 14.5. The molecule has 0 atom stereocenters. The number of hydrogen-bond acceptors (Lipinski definition) is 4. The van der Waals surface area contributed by atoms with Crippen LogP contribution in [0.2, 0.25) is 0 Å². The molecule has 0 spiro atoms. The second-order valence-electron chi connectivity index (χ2n) is 5.16. The highest BCUT2D eigenvalue weighted by molar-refractivity contribution is 8.45. The van der Waals surface area contributed by atoms with E-state index in [-0.39, 0.29) is 30.1 Å². The highest BCUT2D eigenvalue weighted by Gasteiger charge is 2.65. The Morgan fingerprint density at radius 2 is 1.50 bits per heavy atom. The fraction of sp³-hybridized carbons (Fsp3) is 0.188. The number of hydrogen-bond donors (Lipinski definition) is 0. The minimum atomic E-state index is -9.90. The summed E-state index contributed by atoms with van der Waals surface area (Å²) in [6, 6.07) is 6.70. The first-order valence-electron chi connectivity index (χ1n) is 7.20.